The number of Topliss-reactive ketones (excluding diaryl/α,β-unsaturated/α-hetero) is 1. The third-order valence-corrected chi connectivity index (χ3v) is 4.51. The highest BCUT2D eigenvalue weighted by Gasteiger charge is 2.18. The van der Waals surface area contributed by atoms with E-state index in [1.165, 1.54) is 0 Å². The molecule has 1 heterocycles. The van der Waals surface area contributed by atoms with Crippen molar-refractivity contribution in [2.45, 2.75) is 47.0 Å². The van der Waals surface area contributed by atoms with E-state index in [1.807, 2.05) is 11.4 Å². The Hall–Kier alpha value is -0.150. The van der Waals surface area contributed by atoms with Crippen molar-refractivity contribution in [2.75, 3.05) is 0 Å². The van der Waals surface area contributed by atoms with Crippen LogP contribution in [-0.4, -0.2) is 5.78 Å². The average molecular weight is 317 g/mol. The third-order valence-electron chi connectivity index (χ3n) is 2.59. The van der Waals surface area contributed by atoms with Gasteiger partial charge in [0.1, 0.15) is 5.78 Å². The molecule has 0 saturated carbocycles. The second kappa shape index (κ2) is 6.14. The van der Waals surface area contributed by atoms with Crippen LogP contribution in [0.15, 0.2) is 15.9 Å². The molecule has 0 aliphatic carbocycles. The van der Waals surface area contributed by atoms with Crippen LogP contribution in [0.3, 0.4) is 0 Å². The summed E-state index contributed by atoms with van der Waals surface area (Å²) in [6.45, 7) is 8.85. The van der Waals surface area contributed by atoms with Crippen molar-refractivity contribution >= 4 is 33.0 Å². The van der Waals surface area contributed by atoms with Crippen molar-refractivity contribution in [3.8, 4) is 0 Å². The first-order valence-corrected chi connectivity index (χ1v) is 7.69. The van der Waals surface area contributed by atoms with E-state index in [4.69, 9.17) is 0 Å². The standard InChI is InChI=1S/C14H21BrOS/c1-10(9-14(2,3)4)7-11(16)8-13-12(15)5-6-17-13/h5-6,10H,7-9H2,1-4H3. The van der Waals surface area contributed by atoms with Gasteiger partial charge in [0.05, 0.1) is 0 Å². The van der Waals surface area contributed by atoms with Crippen LogP contribution in [0.2, 0.25) is 0 Å². The number of hydrogen-bond acceptors (Lipinski definition) is 2. The molecule has 0 amide bonds. The molecule has 0 aromatic carbocycles. The molecule has 0 saturated heterocycles. The molecule has 0 radical (unpaired) electrons. The van der Waals surface area contributed by atoms with Crippen molar-refractivity contribution in [2.24, 2.45) is 11.3 Å². The summed E-state index contributed by atoms with van der Waals surface area (Å²) in [4.78, 5) is 13.1. The normalized spacial score (nSPS) is 13.7. The summed E-state index contributed by atoms with van der Waals surface area (Å²) < 4.78 is 1.07. The minimum Gasteiger partial charge on any atom is -0.299 e. The molecule has 0 N–H and O–H groups in total. The van der Waals surface area contributed by atoms with Crippen LogP contribution < -0.4 is 0 Å². The lowest BCUT2D eigenvalue weighted by molar-refractivity contribution is -0.119. The summed E-state index contributed by atoms with van der Waals surface area (Å²) >= 11 is 5.12. The highest BCUT2D eigenvalue weighted by molar-refractivity contribution is 9.10. The smallest absolute Gasteiger partial charge is 0.138 e. The number of carbonyl (C=O) groups is 1. The van der Waals surface area contributed by atoms with Crippen LogP contribution in [0.5, 0.6) is 0 Å². The minimum atomic E-state index is 0.309. The van der Waals surface area contributed by atoms with E-state index in [9.17, 15) is 4.79 Å². The Morgan fingerprint density at radius 1 is 1.47 bits per heavy atom. The predicted octanol–water partition coefficient (Wildman–Crippen LogP) is 5.08. The zero-order valence-corrected chi connectivity index (χ0v) is 13.5. The number of thiophene rings is 1. The molecule has 0 fully saturated rings. The third kappa shape index (κ3) is 5.82. The SMILES string of the molecule is CC(CC(=O)Cc1sccc1Br)CC(C)(C)C. The fourth-order valence-corrected chi connectivity index (χ4v) is 3.73. The number of carbonyl (C=O) groups excluding carboxylic acids is 1. The second-order valence-corrected chi connectivity index (χ2v) is 7.84. The van der Waals surface area contributed by atoms with Gasteiger partial charge < -0.3 is 0 Å². The van der Waals surface area contributed by atoms with Crippen molar-refractivity contribution in [1.29, 1.82) is 0 Å². The summed E-state index contributed by atoms with van der Waals surface area (Å²) in [5.41, 5.74) is 0.309. The van der Waals surface area contributed by atoms with E-state index in [2.05, 4.69) is 43.6 Å². The van der Waals surface area contributed by atoms with Crippen molar-refractivity contribution in [1.82, 2.24) is 0 Å². The van der Waals surface area contributed by atoms with Crippen molar-refractivity contribution in [3.05, 3.63) is 20.8 Å². The summed E-state index contributed by atoms with van der Waals surface area (Å²) in [6, 6.07) is 2.01. The van der Waals surface area contributed by atoms with Crippen LogP contribution in [0.1, 0.15) is 45.4 Å². The van der Waals surface area contributed by atoms with Gasteiger partial charge in [-0.05, 0) is 45.1 Å². The zero-order valence-electron chi connectivity index (χ0n) is 11.0. The summed E-state index contributed by atoms with van der Waals surface area (Å²) in [7, 11) is 0. The van der Waals surface area contributed by atoms with Gasteiger partial charge in [0.25, 0.3) is 0 Å². The summed E-state index contributed by atoms with van der Waals surface area (Å²) in [6.07, 6.45) is 2.37. The maximum atomic E-state index is 11.9. The average Bonchev–Trinajstić information content (AvgIpc) is 2.47. The molecule has 3 heteroatoms. The molecule has 0 aliphatic rings. The number of ketones is 1. The van der Waals surface area contributed by atoms with Crippen molar-refractivity contribution in [3.63, 3.8) is 0 Å². The molecular weight excluding hydrogens is 296 g/mol. The maximum absolute atomic E-state index is 11.9. The first kappa shape index (κ1) is 14.9. The Morgan fingerprint density at radius 3 is 2.59 bits per heavy atom. The molecule has 0 bridgehead atoms. The first-order valence-electron chi connectivity index (χ1n) is 6.01. The van der Waals surface area contributed by atoms with E-state index in [-0.39, 0.29) is 0 Å². The van der Waals surface area contributed by atoms with Gasteiger partial charge >= 0.3 is 0 Å². The van der Waals surface area contributed by atoms with Gasteiger partial charge in [-0.3, -0.25) is 4.79 Å². The van der Waals surface area contributed by atoms with E-state index in [1.54, 1.807) is 11.3 Å². The highest BCUT2D eigenvalue weighted by atomic mass is 79.9. The molecule has 1 aromatic heterocycles. The van der Waals surface area contributed by atoms with E-state index in [0.29, 0.717) is 30.0 Å². The Balaban J connectivity index is 2.43. The molecule has 1 rings (SSSR count). The lowest BCUT2D eigenvalue weighted by Gasteiger charge is -2.22. The van der Waals surface area contributed by atoms with Gasteiger partial charge in [-0.25, -0.2) is 0 Å². The van der Waals surface area contributed by atoms with Crippen LogP contribution in [0, 0.1) is 11.3 Å². The quantitative estimate of drug-likeness (QED) is 0.740. The Bertz CT molecular complexity index is 376. The van der Waals surface area contributed by atoms with Crippen LogP contribution in [-0.2, 0) is 11.2 Å². The van der Waals surface area contributed by atoms with E-state index < -0.39 is 0 Å². The van der Waals surface area contributed by atoms with Gasteiger partial charge in [0.15, 0.2) is 0 Å². The number of halogens is 1. The van der Waals surface area contributed by atoms with E-state index >= 15 is 0 Å². The second-order valence-electron chi connectivity index (χ2n) is 5.98. The fraction of sp³-hybridized carbons (Fsp3) is 0.643. The van der Waals surface area contributed by atoms with Crippen LogP contribution >= 0.6 is 27.3 Å². The highest BCUT2D eigenvalue weighted by Crippen LogP contribution is 2.28. The minimum absolute atomic E-state index is 0.309. The monoisotopic (exact) mass is 316 g/mol. The Morgan fingerprint density at radius 2 is 2.12 bits per heavy atom. The Labute approximate surface area is 117 Å². The molecule has 0 aliphatic heterocycles. The molecule has 0 spiro atoms. The largest absolute Gasteiger partial charge is 0.299 e. The molecule has 1 aromatic rings. The first-order chi connectivity index (χ1) is 7.78. The zero-order chi connectivity index (χ0) is 13.1. The lowest BCUT2D eigenvalue weighted by atomic mass is 9.83. The Kier molecular flexibility index (Phi) is 5.39. The van der Waals surface area contributed by atoms with Gasteiger partial charge in [0.2, 0.25) is 0 Å². The maximum Gasteiger partial charge on any atom is 0.138 e. The summed E-state index contributed by atoms with van der Waals surface area (Å²) in [5.74, 6) is 0.825. The van der Waals surface area contributed by atoms with Gasteiger partial charge in [-0.2, -0.15) is 0 Å². The lowest BCUT2D eigenvalue weighted by Crippen LogP contribution is -2.15. The number of hydrogen-bond donors (Lipinski definition) is 0. The molecule has 1 unspecified atom stereocenters. The molecule has 1 atom stereocenters. The van der Waals surface area contributed by atoms with Crippen LogP contribution in [0.25, 0.3) is 0 Å². The fourth-order valence-electron chi connectivity index (χ4n) is 2.21. The van der Waals surface area contributed by atoms with Gasteiger partial charge in [0, 0.05) is 22.2 Å². The van der Waals surface area contributed by atoms with Gasteiger partial charge in [-0.1, -0.05) is 27.7 Å². The van der Waals surface area contributed by atoms with Gasteiger partial charge in [-0.15, -0.1) is 11.3 Å². The predicted molar refractivity (Wildman–Crippen MR) is 78.6 cm³/mol. The van der Waals surface area contributed by atoms with Crippen molar-refractivity contribution < 1.29 is 4.79 Å². The molecule has 96 valence electrons. The van der Waals surface area contributed by atoms with Crippen LogP contribution in [0.4, 0.5) is 0 Å². The number of rotatable bonds is 5. The van der Waals surface area contributed by atoms with E-state index in [0.717, 1.165) is 15.8 Å². The summed E-state index contributed by atoms with van der Waals surface area (Å²) in [5, 5.41) is 2.02. The molecule has 1 nitrogen and oxygen atoms in total. The molecular formula is C14H21BrOS. The molecule has 17 heavy (non-hydrogen) atoms. The topological polar surface area (TPSA) is 17.1 Å².